The summed E-state index contributed by atoms with van der Waals surface area (Å²) in [7, 11) is 0. The van der Waals surface area contributed by atoms with Gasteiger partial charge in [0, 0.05) is 0 Å². The van der Waals surface area contributed by atoms with Crippen LogP contribution >= 0.6 is 0 Å². The van der Waals surface area contributed by atoms with Gasteiger partial charge in [0.1, 0.15) is 0 Å². The number of esters is 1. The molecule has 0 saturated heterocycles. The van der Waals surface area contributed by atoms with Gasteiger partial charge in [0.05, 0.1) is 18.6 Å². The highest BCUT2D eigenvalue weighted by molar-refractivity contribution is 5.72. The Kier molecular flexibility index (Phi) is 5.71. The van der Waals surface area contributed by atoms with Gasteiger partial charge in [-0.3, -0.25) is 4.79 Å². The molecule has 0 unspecified atom stereocenters. The number of aliphatic hydroxyl groups excluding tert-OH is 1. The Labute approximate surface area is 80.1 Å². The summed E-state index contributed by atoms with van der Waals surface area (Å²) < 4.78 is 4.82. The van der Waals surface area contributed by atoms with Crippen molar-refractivity contribution in [3.8, 4) is 0 Å². The van der Waals surface area contributed by atoms with Crippen molar-refractivity contribution in [2.24, 2.45) is 11.8 Å². The lowest BCUT2D eigenvalue weighted by molar-refractivity contribution is -0.152. The van der Waals surface area contributed by atoms with Crippen molar-refractivity contribution in [2.45, 2.75) is 40.2 Å². The van der Waals surface area contributed by atoms with Crippen molar-refractivity contribution in [1.82, 2.24) is 0 Å². The van der Waals surface area contributed by atoms with Crippen molar-refractivity contribution in [2.75, 3.05) is 6.61 Å². The van der Waals surface area contributed by atoms with E-state index in [1.165, 1.54) is 0 Å². The van der Waals surface area contributed by atoms with Crippen LogP contribution < -0.4 is 0 Å². The summed E-state index contributed by atoms with van der Waals surface area (Å²) in [4.78, 5) is 11.2. The van der Waals surface area contributed by atoms with Crippen LogP contribution in [-0.2, 0) is 9.53 Å². The maximum atomic E-state index is 11.2. The molecule has 3 nitrogen and oxygen atoms in total. The molecule has 1 N–H and O–H groups in total. The minimum absolute atomic E-state index is 0.138. The average molecular weight is 188 g/mol. The summed E-state index contributed by atoms with van der Waals surface area (Å²) in [5, 5.41) is 9.68. The summed E-state index contributed by atoms with van der Waals surface area (Å²) in [6, 6.07) is 0. The van der Waals surface area contributed by atoms with E-state index in [4.69, 9.17) is 4.74 Å². The number of carbonyl (C=O) groups is 1. The van der Waals surface area contributed by atoms with E-state index in [0.29, 0.717) is 6.61 Å². The molecule has 0 aliphatic heterocycles. The molecule has 0 aromatic heterocycles. The number of aliphatic hydroxyl groups is 1. The minimum atomic E-state index is -0.593. The molecule has 0 rings (SSSR count). The second kappa shape index (κ2) is 5.97. The van der Waals surface area contributed by atoms with Crippen LogP contribution in [0.15, 0.2) is 0 Å². The highest BCUT2D eigenvalue weighted by Crippen LogP contribution is 2.16. The van der Waals surface area contributed by atoms with Crippen molar-refractivity contribution >= 4 is 5.97 Å². The van der Waals surface area contributed by atoms with Gasteiger partial charge in [-0.1, -0.05) is 20.3 Å². The van der Waals surface area contributed by atoms with Crippen LogP contribution in [0, 0.1) is 11.8 Å². The zero-order valence-corrected chi connectivity index (χ0v) is 8.91. The highest BCUT2D eigenvalue weighted by Gasteiger charge is 2.26. The average Bonchev–Trinajstić information content (AvgIpc) is 2.14. The Balaban J connectivity index is 4.07. The van der Waals surface area contributed by atoms with Gasteiger partial charge < -0.3 is 9.84 Å². The van der Waals surface area contributed by atoms with Crippen LogP contribution in [0.2, 0.25) is 0 Å². The Bertz CT molecular complexity index is 156. The third kappa shape index (κ3) is 3.77. The first-order valence-electron chi connectivity index (χ1n) is 4.89. The van der Waals surface area contributed by atoms with Gasteiger partial charge in [-0.05, 0) is 19.8 Å². The molecule has 0 aliphatic carbocycles. The Morgan fingerprint density at radius 3 is 2.31 bits per heavy atom. The Morgan fingerprint density at radius 2 is 1.92 bits per heavy atom. The molecular formula is C10H20O3. The summed E-state index contributed by atoms with van der Waals surface area (Å²) in [5.74, 6) is -0.593. The van der Waals surface area contributed by atoms with Gasteiger partial charge in [0.15, 0.2) is 0 Å². The van der Waals surface area contributed by atoms with Crippen molar-refractivity contribution < 1.29 is 14.6 Å². The lowest BCUT2D eigenvalue weighted by Gasteiger charge is -2.22. The van der Waals surface area contributed by atoms with Crippen LogP contribution in [0.1, 0.15) is 34.1 Å². The van der Waals surface area contributed by atoms with E-state index >= 15 is 0 Å². The number of hydrogen-bond donors (Lipinski definition) is 1. The number of hydrogen-bond acceptors (Lipinski definition) is 3. The van der Waals surface area contributed by atoms with E-state index in [-0.39, 0.29) is 11.9 Å². The van der Waals surface area contributed by atoms with Crippen LogP contribution in [-0.4, -0.2) is 23.8 Å². The molecule has 0 aromatic rings. The van der Waals surface area contributed by atoms with E-state index in [9.17, 15) is 9.90 Å². The largest absolute Gasteiger partial charge is 0.466 e. The Hall–Kier alpha value is -0.570. The van der Waals surface area contributed by atoms with Crippen molar-refractivity contribution in [1.29, 1.82) is 0 Å². The van der Waals surface area contributed by atoms with Crippen LogP contribution in [0.3, 0.4) is 0 Å². The Morgan fingerprint density at radius 1 is 1.38 bits per heavy atom. The molecule has 0 fully saturated rings. The standard InChI is InChI=1S/C10H20O3/c1-5-7(3)9(11)8(4)10(12)13-6-2/h7-9,11H,5-6H2,1-4H3/t7-,8+,9+/m0/s1. The molecule has 3 atom stereocenters. The van der Waals surface area contributed by atoms with E-state index in [2.05, 4.69) is 0 Å². The molecule has 0 heterocycles. The molecule has 0 saturated carbocycles. The summed E-state index contributed by atoms with van der Waals surface area (Å²) in [6.45, 7) is 7.76. The lowest BCUT2D eigenvalue weighted by Crippen LogP contribution is -2.32. The van der Waals surface area contributed by atoms with Crippen LogP contribution in [0.5, 0.6) is 0 Å². The molecule has 0 bridgehead atoms. The molecule has 0 radical (unpaired) electrons. The van der Waals surface area contributed by atoms with E-state index in [0.717, 1.165) is 6.42 Å². The number of ether oxygens (including phenoxy) is 1. The number of rotatable bonds is 5. The molecule has 0 spiro atoms. The molecular weight excluding hydrogens is 168 g/mol. The van der Waals surface area contributed by atoms with Gasteiger partial charge in [-0.2, -0.15) is 0 Å². The first-order chi connectivity index (χ1) is 6.04. The molecule has 0 amide bonds. The zero-order valence-electron chi connectivity index (χ0n) is 8.91. The number of carbonyl (C=O) groups excluding carboxylic acids is 1. The van der Waals surface area contributed by atoms with Crippen molar-refractivity contribution in [3.63, 3.8) is 0 Å². The predicted molar refractivity (Wildman–Crippen MR) is 51.3 cm³/mol. The maximum absolute atomic E-state index is 11.2. The molecule has 13 heavy (non-hydrogen) atoms. The first kappa shape index (κ1) is 12.4. The summed E-state index contributed by atoms with van der Waals surface area (Å²) in [6.07, 6.45) is 0.273. The summed E-state index contributed by atoms with van der Waals surface area (Å²) >= 11 is 0. The fraction of sp³-hybridized carbons (Fsp3) is 0.900. The maximum Gasteiger partial charge on any atom is 0.311 e. The van der Waals surface area contributed by atoms with E-state index in [1.807, 2.05) is 13.8 Å². The molecule has 3 heteroatoms. The SMILES string of the molecule is CCOC(=O)[C@H](C)[C@H](O)[C@@H](C)CC. The molecule has 0 aromatic carbocycles. The zero-order chi connectivity index (χ0) is 10.4. The second-order valence-electron chi connectivity index (χ2n) is 3.42. The molecule has 0 aliphatic rings. The monoisotopic (exact) mass is 188 g/mol. The fourth-order valence-corrected chi connectivity index (χ4v) is 1.15. The highest BCUT2D eigenvalue weighted by atomic mass is 16.5. The molecule has 78 valence electrons. The van der Waals surface area contributed by atoms with Gasteiger partial charge in [-0.25, -0.2) is 0 Å². The second-order valence-corrected chi connectivity index (χ2v) is 3.42. The van der Waals surface area contributed by atoms with E-state index < -0.39 is 12.0 Å². The normalized spacial score (nSPS) is 17.6. The minimum Gasteiger partial charge on any atom is -0.466 e. The van der Waals surface area contributed by atoms with Gasteiger partial charge in [0.2, 0.25) is 0 Å². The third-order valence-corrected chi connectivity index (χ3v) is 2.40. The van der Waals surface area contributed by atoms with Crippen LogP contribution in [0.25, 0.3) is 0 Å². The van der Waals surface area contributed by atoms with Gasteiger partial charge in [0.25, 0.3) is 0 Å². The smallest absolute Gasteiger partial charge is 0.311 e. The van der Waals surface area contributed by atoms with Gasteiger partial charge in [-0.15, -0.1) is 0 Å². The third-order valence-electron chi connectivity index (χ3n) is 2.40. The van der Waals surface area contributed by atoms with Crippen molar-refractivity contribution in [3.05, 3.63) is 0 Å². The van der Waals surface area contributed by atoms with E-state index in [1.54, 1.807) is 13.8 Å². The van der Waals surface area contributed by atoms with Gasteiger partial charge >= 0.3 is 5.97 Å². The topological polar surface area (TPSA) is 46.5 Å². The lowest BCUT2D eigenvalue weighted by atomic mass is 9.92. The first-order valence-corrected chi connectivity index (χ1v) is 4.89. The predicted octanol–water partition coefficient (Wildman–Crippen LogP) is 1.59. The fourth-order valence-electron chi connectivity index (χ4n) is 1.15. The quantitative estimate of drug-likeness (QED) is 0.666. The van der Waals surface area contributed by atoms with Crippen LogP contribution in [0.4, 0.5) is 0 Å². The summed E-state index contributed by atoms with van der Waals surface area (Å²) in [5.41, 5.74) is 0.